The average Bonchev–Trinajstić information content (AvgIpc) is 2.10. The average molecular weight is 185 g/mol. The van der Waals surface area contributed by atoms with E-state index in [-0.39, 0.29) is 5.56 Å². The highest BCUT2D eigenvalue weighted by atomic mass is 19.2. The molecule has 1 nitrogen and oxygen atoms in total. The summed E-state index contributed by atoms with van der Waals surface area (Å²) in [7, 11) is 0. The fraction of sp³-hybridized carbons (Fsp3) is 0.400. The molecule has 1 atom stereocenters. The topological polar surface area (TPSA) is 19.9 Å². The lowest BCUT2D eigenvalue weighted by Gasteiger charge is -2.08. The third-order valence-electron chi connectivity index (χ3n) is 1.88. The first-order valence-corrected chi connectivity index (χ1v) is 4.26. The molecule has 13 heavy (non-hydrogen) atoms. The summed E-state index contributed by atoms with van der Waals surface area (Å²) >= 11 is 0. The van der Waals surface area contributed by atoms with Crippen molar-refractivity contribution in [3.8, 4) is 0 Å². The lowest BCUT2D eigenvalue weighted by Crippen LogP contribution is -2.00. The van der Waals surface area contributed by atoms with Crippen LogP contribution >= 0.6 is 0 Å². The largest absolute Gasteiger partial charge is 0.228 e. The van der Waals surface area contributed by atoms with Crippen LogP contribution < -0.4 is 0 Å². The predicted octanol–water partition coefficient (Wildman–Crippen LogP) is 3.24. The summed E-state index contributed by atoms with van der Waals surface area (Å²) in [6.07, 6.45) is -0.148. The molecule has 1 aromatic carbocycles. The normalized spacial score (nSPS) is 12.9. The Hall–Kier alpha value is -0.960. The van der Waals surface area contributed by atoms with Crippen LogP contribution in [0.2, 0.25) is 0 Å². The zero-order valence-corrected chi connectivity index (χ0v) is 7.39. The van der Waals surface area contributed by atoms with Crippen molar-refractivity contribution in [2.45, 2.75) is 25.9 Å². The summed E-state index contributed by atoms with van der Waals surface area (Å²) in [4.78, 5) is 0. The Morgan fingerprint density at radius 2 is 2.08 bits per heavy atom. The Morgan fingerprint density at radius 3 is 2.69 bits per heavy atom. The van der Waals surface area contributed by atoms with E-state index in [0.717, 1.165) is 6.07 Å². The molecule has 0 aromatic heterocycles. The van der Waals surface area contributed by atoms with Gasteiger partial charge >= 0.3 is 0 Å². The minimum atomic E-state index is -1.15. The molecule has 3 heteroatoms. The minimum Gasteiger partial charge on any atom is -0.228 e. The number of benzene rings is 1. The zero-order chi connectivity index (χ0) is 9.84. The first kappa shape index (κ1) is 10.1. The van der Waals surface area contributed by atoms with Gasteiger partial charge in [-0.15, -0.1) is 0 Å². The Labute approximate surface area is 76.0 Å². The zero-order valence-electron chi connectivity index (χ0n) is 7.39. The third kappa shape index (κ3) is 2.25. The monoisotopic (exact) mass is 185 g/mol. The first-order chi connectivity index (χ1) is 6.16. The second kappa shape index (κ2) is 4.33. The highest BCUT2D eigenvalue weighted by Gasteiger charge is 2.15. The van der Waals surface area contributed by atoms with Crippen molar-refractivity contribution in [2.24, 2.45) is 0 Å². The molecular weight excluding hydrogens is 174 g/mol. The van der Waals surface area contributed by atoms with Gasteiger partial charge in [0.2, 0.25) is 0 Å². The lowest BCUT2D eigenvalue weighted by molar-refractivity contribution is 0.0766. The van der Waals surface area contributed by atoms with E-state index in [1.165, 1.54) is 12.1 Å². The van der Waals surface area contributed by atoms with Crippen LogP contribution in [0.15, 0.2) is 18.2 Å². The number of hydrogen-bond donors (Lipinski definition) is 0. The molecule has 0 bridgehead atoms. The summed E-state index contributed by atoms with van der Waals surface area (Å²) in [5.74, 6) is -1.95. The molecule has 0 saturated heterocycles. The molecule has 1 radical (unpaired) electrons. The van der Waals surface area contributed by atoms with Crippen LogP contribution in [-0.2, 0) is 5.11 Å². The molecule has 0 aliphatic heterocycles. The van der Waals surface area contributed by atoms with Gasteiger partial charge in [0.25, 0.3) is 0 Å². The van der Waals surface area contributed by atoms with E-state index in [9.17, 15) is 13.9 Å². The number of halogens is 2. The van der Waals surface area contributed by atoms with Gasteiger partial charge in [-0.1, -0.05) is 25.5 Å². The summed E-state index contributed by atoms with van der Waals surface area (Å²) < 4.78 is 25.7. The Balaban J connectivity index is 2.93. The minimum absolute atomic E-state index is 0.0677. The molecule has 0 N–H and O–H groups in total. The van der Waals surface area contributed by atoms with Crippen LogP contribution in [0, 0.1) is 11.6 Å². The van der Waals surface area contributed by atoms with Crippen LogP contribution in [0.1, 0.15) is 31.4 Å². The fourth-order valence-corrected chi connectivity index (χ4v) is 1.19. The van der Waals surface area contributed by atoms with Crippen LogP contribution in [0.5, 0.6) is 0 Å². The van der Waals surface area contributed by atoms with Gasteiger partial charge in [-0.25, -0.2) is 13.9 Å². The molecule has 0 spiro atoms. The fourth-order valence-electron chi connectivity index (χ4n) is 1.19. The van der Waals surface area contributed by atoms with Crippen molar-refractivity contribution in [3.63, 3.8) is 0 Å². The molecule has 1 rings (SSSR count). The molecule has 1 unspecified atom stereocenters. The summed E-state index contributed by atoms with van der Waals surface area (Å²) in [5.41, 5.74) is -0.0677. The van der Waals surface area contributed by atoms with Gasteiger partial charge in [0, 0.05) is 5.56 Å². The molecule has 0 amide bonds. The summed E-state index contributed by atoms with van der Waals surface area (Å²) in [6.45, 7) is 1.84. The van der Waals surface area contributed by atoms with Gasteiger partial charge in [-0.3, -0.25) is 0 Å². The molecule has 0 aliphatic rings. The summed E-state index contributed by atoms with van der Waals surface area (Å²) in [5, 5.41) is 11.3. The van der Waals surface area contributed by atoms with Crippen LogP contribution in [0.25, 0.3) is 0 Å². The molecule has 0 heterocycles. The van der Waals surface area contributed by atoms with E-state index >= 15 is 0 Å². The quantitative estimate of drug-likeness (QED) is 0.689. The second-order valence-corrected chi connectivity index (χ2v) is 2.92. The summed E-state index contributed by atoms with van der Waals surface area (Å²) in [6, 6.07) is 3.71. The third-order valence-corrected chi connectivity index (χ3v) is 1.88. The van der Waals surface area contributed by atoms with Gasteiger partial charge < -0.3 is 0 Å². The number of rotatable bonds is 3. The Morgan fingerprint density at radius 1 is 1.38 bits per heavy atom. The van der Waals surface area contributed by atoms with Gasteiger partial charge in [-0.05, 0) is 12.5 Å². The molecule has 0 saturated carbocycles. The maximum atomic E-state index is 13.0. The van der Waals surface area contributed by atoms with Gasteiger partial charge in [0.15, 0.2) is 11.6 Å². The van der Waals surface area contributed by atoms with E-state index in [1.807, 2.05) is 6.92 Å². The SMILES string of the molecule is CCCC([O])c1cccc(F)c1F. The van der Waals surface area contributed by atoms with Gasteiger partial charge in [-0.2, -0.15) is 0 Å². The van der Waals surface area contributed by atoms with Crippen molar-refractivity contribution in [3.05, 3.63) is 35.4 Å². The molecule has 1 aromatic rings. The van der Waals surface area contributed by atoms with Crippen LogP contribution in [0.4, 0.5) is 8.78 Å². The van der Waals surface area contributed by atoms with Gasteiger partial charge in [0.05, 0.1) is 0 Å². The smallest absolute Gasteiger partial charge is 0.164 e. The molecule has 71 valence electrons. The highest BCUT2D eigenvalue weighted by molar-refractivity contribution is 5.20. The predicted molar refractivity (Wildman–Crippen MR) is 44.7 cm³/mol. The highest BCUT2D eigenvalue weighted by Crippen LogP contribution is 2.23. The van der Waals surface area contributed by atoms with Crippen LogP contribution in [-0.4, -0.2) is 0 Å². The first-order valence-electron chi connectivity index (χ1n) is 4.26. The molecule has 0 fully saturated rings. The maximum absolute atomic E-state index is 13.0. The standard InChI is InChI=1S/C10H11F2O/c1-2-4-9(13)7-5-3-6-8(11)10(7)12/h3,5-6,9H,2,4H2,1H3. The van der Waals surface area contributed by atoms with Crippen molar-refractivity contribution in [1.82, 2.24) is 0 Å². The van der Waals surface area contributed by atoms with E-state index in [1.54, 1.807) is 0 Å². The van der Waals surface area contributed by atoms with Crippen molar-refractivity contribution < 1.29 is 13.9 Å². The maximum Gasteiger partial charge on any atom is 0.164 e. The van der Waals surface area contributed by atoms with Crippen molar-refractivity contribution in [1.29, 1.82) is 0 Å². The lowest BCUT2D eigenvalue weighted by atomic mass is 10.0. The van der Waals surface area contributed by atoms with E-state index in [0.29, 0.717) is 12.8 Å². The van der Waals surface area contributed by atoms with Crippen molar-refractivity contribution >= 4 is 0 Å². The Kier molecular flexibility index (Phi) is 3.37. The molecular formula is C10H11F2O. The van der Waals surface area contributed by atoms with Gasteiger partial charge in [0.1, 0.15) is 6.10 Å². The Bertz CT molecular complexity index is 286. The van der Waals surface area contributed by atoms with Crippen LogP contribution in [0.3, 0.4) is 0 Å². The van der Waals surface area contributed by atoms with E-state index < -0.39 is 17.7 Å². The van der Waals surface area contributed by atoms with E-state index in [4.69, 9.17) is 0 Å². The van der Waals surface area contributed by atoms with Crippen molar-refractivity contribution in [2.75, 3.05) is 0 Å². The second-order valence-electron chi connectivity index (χ2n) is 2.92. The molecule has 0 aliphatic carbocycles. The van der Waals surface area contributed by atoms with E-state index in [2.05, 4.69) is 0 Å². The number of hydrogen-bond acceptors (Lipinski definition) is 0.